The maximum absolute atomic E-state index is 3.62. The van der Waals surface area contributed by atoms with E-state index in [2.05, 4.69) is 19.9 Å². The van der Waals surface area contributed by atoms with Gasteiger partial charge in [0.25, 0.3) is 0 Å². The van der Waals surface area contributed by atoms with Gasteiger partial charge in [-0.2, -0.15) is 0 Å². The third-order valence-electron chi connectivity index (χ3n) is 1.39. The third-order valence-corrected chi connectivity index (χ3v) is 1.39. The average molecular weight is 164 g/mol. The van der Waals surface area contributed by atoms with E-state index in [1.165, 1.54) is 32.1 Å². The summed E-state index contributed by atoms with van der Waals surface area (Å²) in [6.45, 7) is 5.86. The van der Waals surface area contributed by atoms with Gasteiger partial charge in [0.05, 0.1) is 0 Å². The Morgan fingerprint density at radius 3 is 2.40 bits per heavy atom. The molecule has 0 N–H and O–H groups in total. The van der Waals surface area contributed by atoms with E-state index in [9.17, 15) is 0 Å². The summed E-state index contributed by atoms with van der Waals surface area (Å²) in [5.74, 6) is 0. The Bertz CT molecular complexity index is 59.7. The number of hydrogen-bond donors (Lipinski definition) is 0. The Hall–Kier alpha value is 1.38. The van der Waals surface area contributed by atoms with Gasteiger partial charge in [-0.1, -0.05) is 38.7 Å². The van der Waals surface area contributed by atoms with Gasteiger partial charge in [-0.05, 0) is 12.8 Å². The Balaban J connectivity index is 0. The molecule has 0 saturated carbocycles. The van der Waals surface area contributed by atoms with Gasteiger partial charge < -0.3 is 0 Å². The summed E-state index contributed by atoms with van der Waals surface area (Å²) in [7, 11) is 0. The molecule has 1 heteroatoms. The van der Waals surface area contributed by atoms with Gasteiger partial charge >= 0.3 is 51.4 Å². The van der Waals surface area contributed by atoms with E-state index in [4.69, 9.17) is 0 Å². The van der Waals surface area contributed by atoms with Crippen molar-refractivity contribution in [2.24, 2.45) is 0 Å². The topological polar surface area (TPSA) is 0 Å². The van der Waals surface area contributed by atoms with Crippen LogP contribution in [-0.4, -0.2) is 0 Å². The molecule has 0 heterocycles. The van der Waals surface area contributed by atoms with E-state index in [0.717, 1.165) is 0 Å². The van der Waals surface area contributed by atoms with Crippen LogP contribution in [0.3, 0.4) is 0 Å². The van der Waals surface area contributed by atoms with Crippen LogP contribution in [0.2, 0.25) is 0 Å². The minimum Gasteiger partial charge on any atom is -0.103 e. The molecule has 0 amide bonds. The molecule has 0 aliphatic heterocycles. The molecule has 0 spiro atoms. The van der Waals surface area contributed by atoms with Crippen LogP contribution in [0.15, 0.2) is 12.7 Å². The number of allylic oxidation sites excluding steroid dienone is 1. The first kappa shape index (κ1) is 13.9. The van der Waals surface area contributed by atoms with Crippen LogP contribution < -0.4 is 51.4 Å². The first-order valence-electron chi connectivity index (χ1n) is 3.86. The molecule has 0 aliphatic carbocycles. The van der Waals surface area contributed by atoms with Crippen LogP contribution in [0.4, 0.5) is 0 Å². The van der Waals surface area contributed by atoms with Crippen molar-refractivity contribution in [1.29, 1.82) is 0 Å². The molecule has 0 atom stereocenters. The van der Waals surface area contributed by atoms with E-state index < -0.39 is 0 Å². The van der Waals surface area contributed by atoms with Crippen LogP contribution in [-0.2, 0) is 0 Å². The van der Waals surface area contributed by atoms with Crippen molar-refractivity contribution in [2.75, 3.05) is 0 Å². The summed E-state index contributed by atoms with van der Waals surface area (Å²) in [4.78, 5) is 0. The summed E-state index contributed by atoms with van der Waals surface area (Å²) >= 11 is 0. The zero-order chi connectivity index (χ0) is 6.95. The summed E-state index contributed by atoms with van der Waals surface area (Å²) < 4.78 is 0. The van der Waals surface area contributed by atoms with Crippen LogP contribution in [0, 0.1) is 6.42 Å². The van der Waals surface area contributed by atoms with Crippen molar-refractivity contribution in [1.82, 2.24) is 0 Å². The molecule has 0 aromatic heterocycles. The predicted molar refractivity (Wildman–Crippen MR) is 43.3 cm³/mol. The van der Waals surface area contributed by atoms with E-state index in [1.807, 2.05) is 6.08 Å². The zero-order valence-electron chi connectivity index (χ0n) is 7.40. The van der Waals surface area contributed by atoms with Crippen LogP contribution >= 0.6 is 0 Å². The molecule has 53 valence electrons. The monoisotopic (exact) mass is 164 g/mol. The second kappa shape index (κ2) is 13.0. The van der Waals surface area contributed by atoms with Crippen molar-refractivity contribution < 1.29 is 51.4 Å². The van der Waals surface area contributed by atoms with E-state index in [1.54, 1.807) is 0 Å². The normalized spacial score (nSPS) is 8.50. The first-order chi connectivity index (χ1) is 4.41. The van der Waals surface area contributed by atoms with Gasteiger partial charge in [-0.25, -0.2) is 0 Å². The van der Waals surface area contributed by atoms with E-state index >= 15 is 0 Å². The van der Waals surface area contributed by atoms with Gasteiger partial charge in [0.1, 0.15) is 0 Å². The fraction of sp³-hybridized carbons (Fsp3) is 0.667. The van der Waals surface area contributed by atoms with Gasteiger partial charge in [-0.3, -0.25) is 0 Å². The third kappa shape index (κ3) is 12.1. The Labute approximate surface area is 108 Å². The predicted octanol–water partition coefficient (Wildman–Crippen LogP) is 0.351. The van der Waals surface area contributed by atoms with Crippen LogP contribution in [0.25, 0.3) is 0 Å². The van der Waals surface area contributed by atoms with Crippen molar-refractivity contribution >= 4 is 0 Å². The fourth-order valence-corrected chi connectivity index (χ4v) is 0.807. The van der Waals surface area contributed by atoms with Gasteiger partial charge in [0.2, 0.25) is 0 Å². The molecule has 0 aliphatic rings. The smallest absolute Gasteiger partial charge is 0.103 e. The maximum atomic E-state index is 3.62. The quantitative estimate of drug-likeness (QED) is 0.392. The standard InChI is InChI=1S/C9H17.K/c1-3-5-7-9-8-6-4-2;/h3,5H,1,4,6-9H2,2H3;/q;+1. The molecule has 0 bridgehead atoms. The molecule has 1 radical (unpaired) electrons. The molecule has 0 fully saturated rings. The fourth-order valence-electron chi connectivity index (χ4n) is 0.807. The molecule has 0 aromatic carbocycles. The number of unbranched alkanes of at least 4 members (excludes halogenated alkanes) is 5. The molecule has 0 nitrogen and oxygen atoms in total. The van der Waals surface area contributed by atoms with Gasteiger partial charge in [-0.15, -0.1) is 6.58 Å². The molecular weight excluding hydrogens is 147 g/mol. The van der Waals surface area contributed by atoms with Gasteiger partial charge in [0.15, 0.2) is 0 Å². The summed E-state index contributed by atoms with van der Waals surface area (Å²) in [5, 5.41) is 0. The second-order valence-corrected chi connectivity index (χ2v) is 2.32. The van der Waals surface area contributed by atoms with E-state index in [0.29, 0.717) is 0 Å². The number of hydrogen-bond acceptors (Lipinski definition) is 0. The van der Waals surface area contributed by atoms with Crippen molar-refractivity contribution in [2.45, 2.75) is 39.0 Å². The minimum atomic E-state index is 0. The summed E-state index contributed by atoms with van der Waals surface area (Å²) in [5.41, 5.74) is 0. The zero-order valence-corrected chi connectivity index (χ0v) is 10.5. The summed E-state index contributed by atoms with van der Waals surface area (Å²) in [6.07, 6.45) is 10.6. The second-order valence-electron chi connectivity index (χ2n) is 2.32. The van der Waals surface area contributed by atoms with Crippen molar-refractivity contribution in [3.63, 3.8) is 0 Å². The largest absolute Gasteiger partial charge is 1.00 e. The Morgan fingerprint density at radius 2 is 1.90 bits per heavy atom. The number of rotatable bonds is 6. The molecule has 0 saturated heterocycles. The molecule has 0 rings (SSSR count). The Morgan fingerprint density at radius 1 is 1.20 bits per heavy atom. The molecule has 0 unspecified atom stereocenters. The molecular formula is C9H17K+. The first-order valence-corrected chi connectivity index (χ1v) is 3.86. The van der Waals surface area contributed by atoms with E-state index in [-0.39, 0.29) is 51.4 Å². The minimum absolute atomic E-state index is 0. The maximum Gasteiger partial charge on any atom is 1.00 e. The van der Waals surface area contributed by atoms with Crippen LogP contribution in [0.5, 0.6) is 0 Å². The molecule has 10 heavy (non-hydrogen) atoms. The van der Waals surface area contributed by atoms with Crippen molar-refractivity contribution in [3.8, 4) is 0 Å². The Kier molecular flexibility index (Phi) is 18.1. The summed E-state index contributed by atoms with van der Waals surface area (Å²) in [6, 6.07) is 0. The average Bonchev–Trinajstić information content (AvgIpc) is 1.89. The van der Waals surface area contributed by atoms with Crippen LogP contribution in [0.1, 0.15) is 39.0 Å². The van der Waals surface area contributed by atoms with Crippen molar-refractivity contribution in [3.05, 3.63) is 19.1 Å². The van der Waals surface area contributed by atoms with Gasteiger partial charge in [0, 0.05) is 0 Å². The molecule has 0 aromatic rings. The SMILES string of the molecule is C=C[CH]CCCCCC.[K+].